The van der Waals surface area contributed by atoms with Gasteiger partial charge in [0, 0.05) is 5.92 Å². The van der Waals surface area contributed by atoms with E-state index in [1.807, 2.05) is 25.1 Å². The van der Waals surface area contributed by atoms with Gasteiger partial charge in [-0.1, -0.05) is 48.5 Å². The summed E-state index contributed by atoms with van der Waals surface area (Å²) >= 11 is 0. The highest BCUT2D eigenvalue weighted by molar-refractivity contribution is 5.46. The summed E-state index contributed by atoms with van der Waals surface area (Å²) in [5.41, 5.74) is 6.42. The fourth-order valence-electron chi connectivity index (χ4n) is 4.48. The van der Waals surface area contributed by atoms with Gasteiger partial charge in [-0.05, 0) is 78.1 Å². The lowest BCUT2D eigenvalue weighted by Gasteiger charge is -2.33. The molecule has 0 bridgehead atoms. The number of fused-ring (bicyclic) bond motifs is 1. The van der Waals surface area contributed by atoms with E-state index in [1.54, 1.807) is 7.11 Å². The number of ether oxygens (including phenoxy) is 1. The molecule has 0 heterocycles. The summed E-state index contributed by atoms with van der Waals surface area (Å²) in [5.74, 6) is 1.93. The van der Waals surface area contributed by atoms with E-state index in [0.29, 0.717) is 11.7 Å². The topological polar surface area (TPSA) is 29.5 Å². The Balaban J connectivity index is 1.84. The Kier molecular flexibility index (Phi) is 4.89. The molecule has 2 atom stereocenters. The van der Waals surface area contributed by atoms with Crippen molar-refractivity contribution in [3.63, 3.8) is 0 Å². The Morgan fingerprint density at radius 3 is 2.44 bits per heavy atom. The van der Waals surface area contributed by atoms with Crippen molar-refractivity contribution >= 4 is 0 Å². The van der Waals surface area contributed by atoms with Gasteiger partial charge < -0.3 is 9.84 Å². The summed E-state index contributed by atoms with van der Waals surface area (Å²) in [6.07, 6.45) is 3.55. The fraction of sp³-hybridized carbons (Fsp3) is 0.280. The van der Waals surface area contributed by atoms with Crippen molar-refractivity contribution in [2.75, 3.05) is 7.11 Å². The molecule has 1 aliphatic carbocycles. The van der Waals surface area contributed by atoms with Crippen molar-refractivity contribution in [1.29, 1.82) is 0 Å². The minimum atomic E-state index is 0.261. The quantitative estimate of drug-likeness (QED) is 0.623. The van der Waals surface area contributed by atoms with Crippen LogP contribution in [0, 0.1) is 6.92 Å². The van der Waals surface area contributed by atoms with Crippen LogP contribution in [-0.2, 0) is 6.42 Å². The van der Waals surface area contributed by atoms with E-state index >= 15 is 0 Å². The van der Waals surface area contributed by atoms with Gasteiger partial charge in [-0.2, -0.15) is 0 Å². The predicted molar refractivity (Wildman–Crippen MR) is 110 cm³/mol. The van der Waals surface area contributed by atoms with Gasteiger partial charge in [-0.3, -0.25) is 0 Å². The molecule has 0 amide bonds. The van der Waals surface area contributed by atoms with Crippen molar-refractivity contribution in [2.45, 2.75) is 38.0 Å². The standard InChI is InChI=1S/C25H26O2/c1-17-16-20(12-15-24(17)26)25(19-10-13-21(27-2)14-11-19)23-9-5-7-18-6-3-4-8-22(18)23/h3-4,6,8,10-16,23,25-26H,5,7,9H2,1-2H3. The van der Waals surface area contributed by atoms with Gasteiger partial charge >= 0.3 is 0 Å². The third kappa shape index (κ3) is 3.44. The Morgan fingerprint density at radius 1 is 0.963 bits per heavy atom. The molecule has 0 fully saturated rings. The molecule has 2 heteroatoms. The number of benzene rings is 3. The van der Waals surface area contributed by atoms with E-state index in [0.717, 1.165) is 17.7 Å². The lowest BCUT2D eigenvalue weighted by atomic mass is 9.70. The molecule has 0 aliphatic heterocycles. The number of rotatable bonds is 4. The Labute approximate surface area is 161 Å². The summed E-state index contributed by atoms with van der Waals surface area (Å²) in [5, 5.41) is 10.0. The van der Waals surface area contributed by atoms with Crippen molar-refractivity contribution in [2.24, 2.45) is 0 Å². The molecule has 138 valence electrons. The van der Waals surface area contributed by atoms with Crippen molar-refractivity contribution in [3.8, 4) is 11.5 Å². The summed E-state index contributed by atoms with van der Waals surface area (Å²) in [4.78, 5) is 0. The summed E-state index contributed by atoms with van der Waals surface area (Å²) in [6, 6.07) is 23.4. The van der Waals surface area contributed by atoms with E-state index in [4.69, 9.17) is 4.74 Å². The highest BCUT2D eigenvalue weighted by atomic mass is 16.5. The second-order valence-electron chi connectivity index (χ2n) is 7.49. The number of phenols is 1. The first-order valence-electron chi connectivity index (χ1n) is 9.68. The molecule has 0 radical (unpaired) electrons. The Morgan fingerprint density at radius 2 is 1.70 bits per heavy atom. The van der Waals surface area contributed by atoms with E-state index in [1.165, 1.54) is 35.1 Å². The molecule has 4 rings (SSSR count). The van der Waals surface area contributed by atoms with Crippen LogP contribution in [0.15, 0.2) is 66.7 Å². The first kappa shape index (κ1) is 17.7. The average molecular weight is 358 g/mol. The van der Waals surface area contributed by atoms with Crippen LogP contribution in [-0.4, -0.2) is 12.2 Å². The van der Waals surface area contributed by atoms with Gasteiger partial charge in [0.2, 0.25) is 0 Å². The van der Waals surface area contributed by atoms with Gasteiger partial charge in [-0.25, -0.2) is 0 Å². The van der Waals surface area contributed by atoms with Crippen LogP contribution >= 0.6 is 0 Å². The molecule has 0 spiro atoms. The molecule has 27 heavy (non-hydrogen) atoms. The first-order chi connectivity index (χ1) is 13.2. The molecule has 1 aliphatic rings. The molecular weight excluding hydrogens is 332 g/mol. The minimum Gasteiger partial charge on any atom is -0.508 e. The lowest BCUT2D eigenvalue weighted by Crippen LogP contribution is -2.18. The maximum absolute atomic E-state index is 10.0. The molecule has 0 saturated heterocycles. The van der Waals surface area contributed by atoms with Crippen LogP contribution in [0.3, 0.4) is 0 Å². The molecule has 2 unspecified atom stereocenters. The zero-order chi connectivity index (χ0) is 18.8. The predicted octanol–water partition coefficient (Wildman–Crippen LogP) is 5.96. The third-order valence-electron chi connectivity index (χ3n) is 5.87. The molecule has 3 aromatic carbocycles. The van der Waals surface area contributed by atoms with Crippen LogP contribution in [0.25, 0.3) is 0 Å². The van der Waals surface area contributed by atoms with Crippen LogP contribution < -0.4 is 4.74 Å². The highest BCUT2D eigenvalue weighted by Gasteiger charge is 2.30. The number of methoxy groups -OCH3 is 1. The van der Waals surface area contributed by atoms with Crippen molar-refractivity contribution < 1.29 is 9.84 Å². The number of hydrogen-bond acceptors (Lipinski definition) is 2. The van der Waals surface area contributed by atoms with Crippen molar-refractivity contribution in [1.82, 2.24) is 0 Å². The van der Waals surface area contributed by atoms with Crippen LogP contribution in [0.4, 0.5) is 0 Å². The zero-order valence-electron chi connectivity index (χ0n) is 16.0. The van der Waals surface area contributed by atoms with Crippen LogP contribution in [0.2, 0.25) is 0 Å². The lowest BCUT2D eigenvalue weighted by molar-refractivity contribution is 0.414. The minimum absolute atomic E-state index is 0.261. The summed E-state index contributed by atoms with van der Waals surface area (Å²) in [6.45, 7) is 1.97. The van der Waals surface area contributed by atoms with E-state index in [-0.39, 0.29) is 5.92 Å². The first-order valence-corrected chi connectivity index (χ1v) is 9.68. The number of aryl methyl sites for hydroxylation is 2. The van der Waals surface area contributed by atoms with Crippen LogP contribution in [0.5, 0.6) is 11.5 Å². The van der Waals surface area contributed by atoms with Gasteiger partial charge in [-0.15, -0.1) is 0 Å². The fourth-order valence-corrected chi connectivity index (χ4v) is 4.48. The Bertz CT molecular complexity index is 927. The molecular formula is C25H26O2. The molecule has 2 nitrogen and oxygen atoms in total. The number of phenolic OH excluding ortho intramolecular Hbond substituents is 1. The van der Waals surface area contributed by atoms with Gasteiger partial charge in [0.05, 0.1) is 7.11 Å². The molecule has 0 saturated carbocycles. The van der Waals surface area contributed by atoms with E-state index in [9.17, 15) is 5.11 Å². The number of hydrogen-bond donors (Lipinski definition) is 1. The normalized spacial score (nSPS) is 17.2. The monoisotopic (exact) mass is 358 g/mol. The average Bonchev–Trinajstić information content (AvgIpc) is 2.71. The van der Waals surface area contributed by atoms with E-state index in [2.05, 4.69) is 48.5 Å². The summed E-state index contributed by atoms with van der Waals surface area (Å²) < 4.78 is 5.36. The number of aromatic hydroxyl groups is 1. The molecule has 3 aromatic rings. The Hall–Kier alpha value is -2.74. The summed E-state index contributed by atoms with van der Waals surface area (Å²) in [7, 11) is 1.70. The maximum atomic E-state index is 10.0. The molecule has 1 N–H and O–H groups in total. The van der Waals surface area contributed by atoms with Crippen LogP contribution in [0.1, 0.15) is 52.5 Å². The maximum Gasteiger partial charge on any atom is 0.118 e. The van der Waals surface area contributed by atoms with Gasteiger partial charge in [0.25, 0.3) is 0 Å². The molecule has 0 aromatic heterocycles. The largest absolute Gasteiger partial charge is 0.508 e. The SMILES string of the molecule is COc1ccc(C(c2ccc(O)c(C)c2)C2CCCc3ccccc32)cc1. The smallest absolute Gasteiger partial charge is 0.118 e. The third-order valence-corrected chi connectivity index (χ3v) is 5.87. The second-order valence-corrected chi connectivity index (χ2v) is 7.49. The van der Waals surface area contributed by atoms with E-state index < -0.39 is 0 Å². The van der Waals surface area contributed by atoms with Gasteiger partial charge in [0.1, 0.15) is 11.5 Å². The van der Waals surface area contributed by atoms with Crippen molar-refractivity contribution in [3.05, 3.63) is 94.5 Å². The second kappa shape index (κ2) is 7.48. The van der Waals surface area contributed by atoms with Gasteiger partial charge in [0.15, 0.2) is 0 Å². The highest BCUT2D eigenvalue weighted by Crippen LogP contribution is 2.45. The zero-order valence-corrected chi connectivity index (χ0v) is 16.0.